The van der Waals surface area contributed by atoms with E-state index in [9.17, 15) is 9.90 Å². The average Bonchev–Trinajstić information content (AvgIpc) is 2.71. The van der Waals surface area contributed by atoms with Crippen molar-refractivity contribution in [1.82, 2.24) is 0 Å². The summed E-state index contributed by atoms with van der Waals surface area (Å²) in [5.41, 5.74) is -0.0203. The van der Waals surface area contributed by atoms with Gasteiger partial charge in [-0.1, -0.05) is 0 Å². The van der Waals surface area contributed by atoms with Crippen LogP contribution in [0.3, 0.4) is 0 Å². The highest BCUT2D eigenvalue weighted by molar-refractivity contribution is 7.12. The Hall–Kier alpha value is -0.870. The lowest BCUT2D eigenvalue weighted by atomic mass is 10.1. The predicted octanol–water partition coefficient (Wildman–Crippen LogP) is 1.52. The SMILES string of the molecule is COC(=O)c1sccc1C1(O)CC1. The Labute approximate surface area is 80.0 Å². The van der Waals surface area contributed by atoms with Gasteiger partial charge < -0.3 is 9.84 Å². The number of carbonyl (C=O) groups excluding carboxylic acids is 1. The van der Waals surface area contributed by atoms with Crippen LogP contribution in [0.1, 0.15) is 28.1 Å². The number of aliphatic hydroxyl groups is 1. The molecule has 70 valence electrons. The smallest absolute Gasteiger partial charge is 0.348 e. The largest absolute Gasteiger partial charge is 0.465 e. The third kappa shape index (κ3) is 1.36. The van der Waals surface area contributed by atoms with E-state index in [4.69, 9.17) is 0 Å². The maximum absolute atomic E-state index is 11.2. The Kier molecular flexibility index (Phi) is 1.89. The van der Waals surface area contributed by atoms with Crippen molar-refractivity contribution in [3.8, 4) is 0 Å². The fourth-order valence-corrected chi connectivity index (χ4v) is 2.22. The van der Waals surface area contributed by atoms with E-state index < -0.39 is 5.60 Å². The highest BCUT2D eigenvalue weighted by atomic mass is 32.1. The molecular weight excluding hydrogens is 188 g/mol. The zero-order valence-corrected chi connectivity index (χ0v) is 8.06. The summed E-state index contributed by atoms with van der Waals surface area (Å²) in [5, 5.41) is 11.6. The Morgan fingerprint density at radius 1 is 1.69 bits per heavy atom. The maximum Gasteiger partial charge on any atom is 0.348 e. The monoisotopic (exact) mass is 198 g/mol. The van der Waals surface area contributed by atoms with Gasteiger partial charge in [-0.25, -0.2) is 4.79 Å². The summed E-state index contributed by atoms with van der Waals surface area (Å²) < 4.78 is 4.62. The number of thiophene rings is 1. The van der Waals surface area contributed by atoms with Crippen molar-refractivity contribution >= 4 is 17.3 Å². The van der Waals surface area contributed by atoms with E-state index in [-0.39, 0.29) is 5.97 Å². The normalized spacial score (nSPS) is 18.3. The summed E-state index contributed by atoms with van der Waals surface area (Å²) in [6.45, 7) is 0. The first kappa shape index (κ1) is 8.72. The van der Waals surface area contributed by atoms with Crippen molar-refractivity contribution in [1.29, 1.82) is 0 Å². The van der Waals surface area contributed by atoms with E-state index in [0.717, 1.165) is 18.4 Å². The van der Waals surface area contributed by atoms with Crippen LogP contribution in [-0.4, -0.2) is 18.2 Å². The first-order valence-electron chi connectivity index (χ1n) is 4.06. The number of hydrogen-bond acceptors (Lipinski definition) is 4. The van der Waals surface area contributed by atoms with E-state index in [1.807, 2.05) is 0 Å². The summed E-state index contributed by atoms with van der Waals surface area (Å²) in [7, 11) is 1.35. The first-order valence-corrected chi connectivity index (χ1v) is 4.94. The van der Waals surface area contributed by atoms with Crippen molar-refractivity contribution < 1.29 is 14.6 Å². The number of ether oxygens (including phenoxy) is 1. The molecule has 0 atom stereocenters. The van der Waals surface area contributed by atoms with Crippen LogP contribution < -0.4 is 0 Å². The van der Waals surface area contributed by atoms with Crippen molar-refractivity contribution in [2.24, 2.45) is 0 Å². The molecule has 0 aromatic carbocycles. The van der Waals surface area contributed by atoms with E-state index in [1.54, 1.807) is 11.4 Å². The third-order valence-corrected chi connectivity index (χ3v) is 3.16. The highest BCUT2D eigenvalue weighted by Crippen LogP contribution is 2.47. The minimum atomic E-state index is -0.747. The second-order valence-electron chi connectivity index (χ2n) is 3.19. The molecule has 1 heterocycles. The van der Waals surface area contributed by atoms with E-state index in [0.29, 0.717) is 4.88 Å². The molecule has 0 amide bonds. The van der Waals surface area contributed by atoms with Gasteiger partial charge in [0, 0.05) is 5.56 Å². The average molecular weight is 198 g/mol. The zero-order valence-electron chi connectivity index (χ0n) is 7.24. The first-order chi connectivity index (χ1) is 6.17. The Morgan fingerprint density at radius 2 is 2.38 bits per heavy atom. The Balaban J connectivity index is 2.36. The van der Waals surface area contributed by atoms with Crippen molar-refractivity contribution in [3.63, 3.8) is 0 Å². The Bertz CT molecular complexity index is 338. The minimum absolute atomic E-state index is 0.356. The lowest BCUT2D eigenvalue weighted by molar-refractivity contribution is 0.0596. The van der Waals surface area contributed by atoms with Gasteiger partial charge in [0.2, 0.25) is 0 Å². The molecule has 13 heavy (non-hydrogen) atoms. The molecule has 4 heteroatoms. The maximum atomic E-state index is 11.2. The number of hydrogen-bond donors (Lipinski definition) is 1. The van der Waals surface area contributed by atoms with Crippen LogP contribution in [0.25, 0.3) is 0 Å². The van der Waals surface area contributed by atoms with Gasteiger partial charge in [0.05, 0.1) is 12.7 Å². The molecule has 1 aromatic heterocycles. The molecular formula is C9H10O3S. The summed E-state index contributed by atoms with van der Waals surface area (Å²) in [4.78, 5) is 11.8. The van der Waals surface area contributed by atoms with Crippen molar-refractivity contribution in [2.75, 3.05) is 7.11 Å². The lowest BCUT2D eigenvalue weighted by Gasteiger charge is -2.06. The van der Waals surface area contributed by atoms with Gasteiger partial charge in [0.1, 0.15) is 4.88 Å². The highest BCUT2D eigenvalue weighted by Gasteiger charge is 2.45. The summed E-state index contributed by atoms with van der Waals surface area (Å²) >= 11 is 1.31. The van der Waals surface area contributed by atoms with Gasteiger partial charge >= 0.3 is 5.97 Å². The fraction of sp³-hybridized carbons (Fsp3) is 0.444. The minimum Gasteiger partial charge on any atom is -0.465 e. The van der Waals surface area contributed by atoms with Crippen LogP contribution in [0.4, 0.5) is 0 Å². The predicted molar refractivity (Wildman–Crippen MR) is 48.8 cm³/mol. The van der Waals surface area contributed by atoms with E-state index in [1.165, 1.54) is 18.4 Å². The van der Waals surface area contributed by atoms with Gasteiger partial charge in [0.25, 0.3) is 0 Å². The summed E-state index contributed by atoms with van der Waals surface area (Å²) in [6, 6.07) is 1.80. The molecule has 1 aromatic rings. The molecule has 0 bridgehead atoms. The van der Waals surface area contributed by atoms with Gasteiger partial charge in [0.15, 0.2) is 0 Å². The van der Waals surface area contributed by atoms with Gasteiger partial charge in [-0.15, -0.1) is 11.3 Å². The number of methoxy groups -OCH3 is 1. The van der Waals surface area contributed by atoms with Gasteiger partial charge in [-0.05, 0) is 24.3 Å². The Morgan fingerprint density at radius 3 is 2.92 bits per heavy atom. The van der Waals surface area contributed by atoms with Crippen LogP contribution in [-0.2, 0) is 10.3 Å². The number of rotatable bonds is 2. The molecule has 1 aliphatic rings. The molecule has 2 rings (SSSR count). The van der Waals surface area contributed by atoms with Gasteiger partial charge in [-0.2, -0.15) is 0 Å². The van der Waals surface area contributed by atoms with Crippen LogP contribution in [0.5, 0.6) is 0 Å². The summed E-state index contributed by atoms with van der Waals surface area (Å²) in [6.07, 6.45) is 1.49. The van der Waals surface area contributed by atoms with Crippen LogP contribution in [0, 0.1) is 0 Å². The number of esters is 1. The molecule has 1 fully saturated rings. The molecule has 0 aliphatic heterocycles. The van der Waals surface area contributed by atoms with Crippen LogP contribution >= 0.6 is 11.3 Å². The second-order valence-corrected chi connectivity index (χ2v) is 4.10. The van der Waals surface area contributed by atoms with E-state index in [2.05, 4.69) is 4.74 Å². The molecule has 0 radical (unpaired) electrons. The molecule has 0 spiro atoms. The standard InChI is InChI=1S/C9H10O3S/c1-12-8(10)7-6(2-5-13-7)9(11)3-4-9/h2,5,11H,3-4H2,1H3. The quantitative estimate of drug-likeness (QED) is 0.733. The summed E-state index contributed by atoms with van der Waals surface area (Å²) in [5.74, 6) is -0.356. The van der Waals surface area contributed by atoms with E-state index >= 15 is 0 Å². The fourth-order valence-electron chi connectivity index (χ4n) is 1.31. The molecule has 1 aliphatic carbocycles. The van der Waals surface area contributed by atoms with Crippen LogP contribution in [0.2, 0.25) is 0 Å². The number of carbonyl (C=O) groups is 1. The lowest BCUT2D eigenvalue weighted by Crippen LogP contribution is -2.10. The third-order valence-electron chi connectivity index (χ3n) is 2.26. The van der Waals surface area contributed by atoms with Crippen molar-refractivity contribution in [3.05, 3.63) is 21.9 Å². The molecule has 1 saturated carbocycles. The topological polar surface area (TPSA) is 46.5 Å². The molecule has 1 N–H and O–H groups in total. The van der Waals surface area contributed by atoms with Gasteiger partial charge in [-0.3, -0.25) is 0 Å². The molecule has 0 saturated heterocycles. The molecule has 0 unspecified atom stereocenters. The van der Waals surface area contributed by atoms with Crippen LogP contribution in [0.15, 0.2) is 11.4 Å². The second kappa shape index (κ2) is 2.82. The van der Waals surface area contributed by atoms with Crippen molar-refractivity contribution in [2.45, 2.75) is 18.4 Å². The zero-order chi connectivity index (χ0) is 9.47. The molecule has 3 nitrogen and oxygen atoms in total.